The molecule has 0 unspecified atom stereocenters. The predicted octanol–water partition coefficient (Wildman–Crippen LogP) is 3.13. The second kappa shape index (κ2) is 5.28. The van der Waals surface area contributed by atoms with Gasteiger partial charge in [-0.25, -0.2) is 4.39 Å². The van der Waals surface area contributed by atoms with Crippen LogP contribution in [0, 0.1) is 5.82 Å². The lowest BCUT2D eigenvalue weighted by Gasteiger charge is -2.15. The third kappa shape index (κ3) is 2.63. The minimum Gasteiger partial charge on any atom is -0.375 e. The largest absolute Gasteiger partial charge is 0.375 e. The predicted molar refractivity (Wildman–Crippen MR) is 74.4 cm³/mol. The zero-order chi connectivity index (χ0) is 13.2. The number of rotatable bonds is 3. The Balaban J connectivity index is 1.75. The second-order valence-corrected chi connectivity index (χ2v) is 5.53. The first-order chi connectivity index (χ1) is 9.24. The fraction of sp³-hybridized carbons (Fsp3) is 0.385. The third-order valence-corrected chi connectivity index (χ3v) is 3.79. The van der Waals surface area contributed by atoms with E-state index in [2.05, 4.69) is 36.0 Å². The number of fused-ring (bicyclic) bond motifs is 1. The van der Waals surface area contributed by atoms with Crippen LogP contribution in [0.15, 0.2) is 22.7 Å². The summed E-state index contributed by atoms with van der Waals surface area (Å²) in [6.45, 7) is 1.45. The molecule has 0 radical (unpaired) electrons. The molecule has 0 atom stereocenters. The molecule has 1 aliphatic heterocycles. The maximum atomic E-state index is 13.6. The molecule has 0 bridgehead atoms. The maximum absolute atomic E-state index is 13.6. The van der Waals surface area contributed by atoms with Crippen LogP contribution < -0.4 is 5.32 Å². The molecule has 100 valence electrons. The van der Waals surface area contributed by atoms with Crippen LogP contribution in [0.4, 0.5) is 10.1 Å². The number of aryl methyl sites for hydroxylation is 1. The summed E-state index contributed by atoms with van der Waals surface area (Å²) < 4.78 is 16.6. The molecule has 0 spiro atoms. The van der Waals surface area contributed by atoms with Gasteiger partial charge in [0.25, 0.3) is 0 Å². The van der Waals surface area contributed by atoms with Crippen molar-refractivity contribution in [2.45, 2.75) is 32.4 Å². The minimum absolute atomic E-state index is 0.262. The van der Waals surface area contributed by atoms with E-state index in [1.807, 2.05) is 0 Å². The van der Waals surface area contributed by atoms with Crippen LogP contribution in [0.1, 0.15) is 24.5 Å². The van der Waals surface area contributed by atoms with Gasteiger partial charge in [-0.3, -0.25) is 0 Å². The fourth-order valence-corrected chi connectivity index (χ4v) is 2.67. The number of hydrogen-bond acceptors (Lipinski definition) is 3. The molecular weight excluding hydrogens is 311 g/mol. The number of nitrogens with one attached hydrogen (secondary N) is 1. The van der Waals surface area contributed by atoms with Gasteiger partial charge in [0.1, 0.15) is 11.6 Å². The molecule has 3 rings (SSSR count). The minimum atomic E-state index is -0.262. The average Bonchev–Trinajstić information content (AvgIpc) is 2.83. The summed E-state index contributed by atoms with van der Waals surface area (Å²) in [7, 11) is 0. The molecule has 0 saturated carbocycles. The van der Waals surface area contributed by atoms with E-state index in [1.165, 1.54) is 12.5 Å². The van der Waals surface area contributed by atoms with Gasteiger partial charge in [-0.15, -0.1) is 10.2 Å². The summed E-state index contributed by atoms with van der Waals surface area (Å²) >= 11 is 3.34. The first-order valence-electron chi connectivity index (χ1n) is 6.34. The number of halogens is 2. The van der Waals surface area contributed by atoms with Crippen molar-refractivity contribution in [2.24, 2.45) is 0 Å². The molecule has 2 aromatic rings. The van der Waals surface area contributed by atoms with Gasteiger partial charge in [-0.1, -0.05) is 15.9 Å². The Kier molecular flexibility index (Phi) is 3.50. The van der Waals surface area contributed by atoms with Crippen LogP contribution in [-0.4, -0.2) is 14.8 Å². The van der Waals surface area contributed by atoms with E-state index in [9.17, 15) is 4.39 Å². The molecule has 2 heterocycles. The van der Waals surface area contributed by atoms with Crippen LogP contribution in [0.25, 0.3) is 0 Å². The zero-order valence-corrected chi connectivity index (χ0v) is 12.0. The van der Waals surface area contributed by atoms with Gasteiger partial charge in [0.2, 0.25) is 0 Å². The number of anilines is 1. The van der Waals surface area contributed by atoms with Gasteiger partial charge in [0, 0.05) is 17.4 Å². The van der Waals surface area contributed by atoms with Crippen LogP contribution in [0.5, 0.6) is 0 Å². The summed E-state index contributed by atoms with van der Waals surface area (Å²) in [5.74, 6) is 1.65. The van der Waals surface area contributed by atoms with E-state index in [4.69, 9.17) is 0 Å². The molecule has 6 heteroatoms. The lowest BCUT2D eigenvalue weighted by atomic mass is 10.2. The van der Waals surface area contributed by atoms with E-state index in [-0.39, 0.29) is 5.82 Å². The Bertz CT molecular complexity index is 596. The van der Waals surface area contributed by atoms with E-state index >= 15 is 0 Å². The summed E-state index contributed by atoms with van der Waals surface area (Å²) in [5, 5.41) is 11.4. The highest BCUT2D eigenvalue weighted by Crippen LogP contribution is 2.21. The van der Waals surface area contributed by atoms with E-state index in [0.29, 0.717) is 12.2 Å². The summed E-state index contributed by atoms with van der Waals surface area (Å²) in [4.78, 5) is 0. The molecule has 0 saturated heterocycles. The first kappa shape index (κ1) is 12.6. The summed E-state index contributed by atoms with van der Waals surface area (Å²) in [6, 6.07) is 4.84. The molecule has 19 heavy (non-hydrogen) atoms. The topological polar surface area (TPSA) is 42.7 Å². The number of hydrogen-bond donors (Lipinski definition) is 1. The third-order valence-electron chi connectivity index (χ3n) is 3.30. The molecule has 1 N–H and O–H groups in total. The Morgan fingerprint density at radius 2 is 2.21 bits per heavy atom. The van der Waals surface area contributed by atoms with Crippen LogP contribution >= 0.6 is 15.9 Å². The maximum Gasteiger partial charge on any atom is 0.152 e. The van der Waals surface area contributed by atoms with Crippen molar-refractivity contribution in [3.05, 3.63) is 40.1 Å². The first-order valence-corrected chi connectivity index (χ1v) is 7.13. The van der Waals surface area contributed by atoms with Crippen molar-refractivity contribution < 1.29 is 4.39 Å². The highest BCUT2D eigenvalue weighted by Gasteiger charge is 2.15. The van der Waals surface area contributed by atoms with Crippen LogP contribution in [0.3, 0.4) is 0 Å². The number of nitrogens with zero attached hydrogens (tertiary/aromatic N) is 3. The van der Waals surface area contributed by atoms with Crippen LogP contribution in [0.2, 0.25) is 0 Å². The van der Waals surface area contributed by atoms with E-state index in [1.54, 1.807) is 12.1 Å². The summed E-state index contributed by atoms with van der Waals surface area (Å²) in [6.07, 6.45) is 3.31. The van der Waals surface area contributed by atoms with Gasteiger partial charge in [-0.05, 0) is 31.0 Å². The lowest BCUT2D eigenvalue weighted by Crippen LogP contribution is -2.15. The van der Waals surface area contributed by atoms with Crippen molar-refractivity contribution in [3.63, 3.8) is 0 Å². The molecule has 0 aliphatic carbocycles. The van der Waals surface area contributed by atoms with Crippen LogP contribution in [-0.2, 0) is 19.5 Å². The van der Waals surface area contributed by atoms with Gasteiger partial charge in [0.15, 0.2) is 5.82 Å². The Morgan fingerprint density at radius 1 is 1.32 bits per heavy atom. The second-order valence-electron chi connectivity index (χ2n) is 4.62. The normalized spacial score (nSPS) is 14.2. The standard InChI is InChI=1S/C13H14BrFN4/c14-9-4-5-10(15)11(7-9)16-8-13-18-17-12-3-1-2-6-19(12)13/h4-5,7,16H,1-3,6,8H2. The van der Waals surface area contributed by atoms with Gasteiger partial charge in [0.05, 0.1) is 12.2 Å². The van der Waals surface area contributed by atoms with E-state index < -0.39 is 0 Å². The average molecular weight is 325 g/mol. The van der Waals surface area contributed by atoms with Crippen molar-refractivity contribution in [1.82, 2.24) is 14.8 Å². The highest BCUT2D eigenvalue weighted by molar-refractivity contribution is 9.10. The SMILES string of the molecule is Fc1ccc(Br)cc1NCc1nnc2n1CCCC2. The van der Waals surface area contributed by atoms with Crippen molar-refractivity contribution in [1.29, 1.82) is 0 Å². The molecular formula is C13H14BrFN4. The van der Waals surface area contributed by atoms with Crippen molar-refractivity contribution >= 4 is 21.6 Å². The highest BCUT2D eigenvalue weighted by atomic mass is 79.9. The quantitative estimate of drug-likeness (QED) is 0.943. The smallest absolute Gasteiger partial charge is 0.152 e. The van der Waals surface area contributed by atoms with Crippen molar-refractivity contribution in [2.75, 3.05) is 5.32 Å². The van der Waals surface area contributed by atoms with Gasteiger partial charge in [-0.2, -0.15) is 0 Å². The number of aromatic nitrogens is 3. The Morgan fingerprint density at radius 3 is 3.11 bits per heavy atom. The van der Waals surface area contributed by atoms with E-state index in [0.717, 1.165) is 35.5 Å². The Hall–Kier alpha value is -1.43. The van der Waals surface area contributed by atoms with Crippen molar-refractivity contribution in [3.8, 4) is 0 Å². The fourth-order valence-electron chi connectivity index (χ4n) is 2.31. The summed E-state index contributed by atoms with van der Waals surface area (Å²) in [5.41, 5.74) is 0.475. The zero-order valence-electron chi connectivity index (χ0n) is 10.4. The monoisotopic (exact) mass is 324 g/mol. The lowest BCUT2D eigenvalue weighted by molar-refractivity contribution is 0.509. The Labute approximate surface area is 119 Å². The molecule has 1 aromatic carbocycles. The van der Waals surface area contributed by atoms with Gasteiger partial charge < -0.3 is 9.88 Å². The molecule has 1 aromatic heterocycles. The molecule has 4 nitrogen and oxygen atoms in total. The molecule has 1 aliphatic rings. The number of benzene rings is 1. The molecule has 0 amide bonds. The molecule has 0 fully saturated rings. The van der Waals surface area contributed by atoms with Gasteiger partial charge >= 0.3 is 0 Å².